The normalized spacial score (nSPS) is 12.7. The molecular weight excluding hydrogens is 336 g/mol. The highest BCUT2D eigenvalue weighted by atomic mass is 32.2. The van der Waals surface area contributed by atoms with Crippen molar-refractivity contribution in [2.75, 3.05) is 20.6 Å². The van der Waals surface area contributed by atoms with E-state index in [0.717, 1.165) is 21.1 Å². The number of likely N-dealkylation sites (N-methyl/N-ethyl adjacent to an activating group) is 1. The molecule has 9 nitrogen and oxygen atoms in total. The largest absolute Gasteiger partial charge is 0.355 e. The van der Waals surface area contributed by atoms with Crippen LogP contribution in [0, 0.1) is 0 Å². The molecule has 24 heavy (non-hydrogen) atoms. The lowest BCUT2D eigenvalue weighted by atomic mass is 10.3. The van der Waals surface area contributed by atoms with Crippen LogP contribution in [-0.2, 0) is 26.2 Å². The molecule has 0 aliphatic rings. The van der Waals surface area contributed by atoms with Crippen molar-refractivity contribution < 1.29 is 18.0 Å². The van der Waals surface area contributed by atoms with E-state index >= 15 is 0 Å². The fourth-order valence-corrected chi connectivity index (χ4v) is 2.75. The first kappa shape index (κ1) is 19.8. The van der Waals surface area contributed by atoms with Crippen LogP contribution in [-0.4, -0.2) is 55.8 Å². The molecular formula is C14H22N4O5S. The molecule has 0 aliphatic heterocycles. The van der Waals surface area contributed by atoms with Crippen LogP contribution in [0.5, 0.6) is 0 Å². The Bertz CT molecular complexity index is 770. The van der Waals surface area contributed by atoms with Gasteiger partial charge in [-0.05, 0) is 19.9 Å². The van der Waals surface area contributed by atoms with Gasteiger partial charge in [-0.15, -0.1) is 0 Å². The number of nitrogens with zero attached hydrogens (tertiary/aromatic N) is 2. The maximum absolute atomic E-state index is 12.1. The fourth-order valence-electron chi connectivity index (χ4n) is 1.83. The van der Waals surface area contributed by atoms with E-state index in [1.165, 1.54) is 27.1 Å². The first-order chi connectivity index (χ1) is 11.1. The van der Waals surface area contributed by atoms with Crippen LogP contribution in [0.3, 0.4) is 0 Å². The number of hydrogen-bond donors (Lipinski definition) is 2. The van der Waals surface area contributed by atoms with E-state index in [1.807, 2.05) is 0 Å². The molecule has 1 aromatic heterocycles. The van der Waals surface area contributed by atoms with E-state index in [2.05, 4.69) is 10.6 Å². The Hall–Kier alpha value is -2.20. The maximum Gasteiger partial charge on any atom is 0.251 e. The topological polar surface area (TPSA) is 118 Å². The monoisotopic (exact) mass is 358 g/mol. The molecule has 0 saturated heterocycles. The van der Waals surface area contributed by atoms with Gasteiger partial charge >= 0.3 is 0 Å². The van der Waals surface area contributed by atoms with Crippen molar-refractivity contribution in [3.05, 3.63) is 28.7 Å². The molecule has 0 aliphatic carbocycles. The van der Waals surface area contributed by atoms with Crippen molar-refractivity contribution in [2.45, 2.75) is 31.3 Å². The molecule has 0 unspecified atom stereocenters. The summed E-state index contributed by atoms with van der Waals surface area (Å²) in [5, 5.41) is 5.01. The average molecular weight is 358 g/mol. The summed E-state index contributed by atoms with van der Waals surface area (Å²) in [4.78, 5) is 35.3. The van der Waals surface area contributed by atoms with E-state index in [9.17, 15) is 22.8 Å². The van der Waals surface area contributed by atoms with Gasteiger partial charge in [0.15, 0.2) is 0 Å². The third-order valence-electron chi connectivity index (χ3n) is 3.17. The van der Waals surface area contributed by atoms with E-state index in [0.29, 0.717) is 6.54 Å². The van der Waals surface area contributed by atoms with Crippen LogP contribution in [0.4, 0.5) is 0 Å². The minimum absolute atomic E-state index is 0.100. The van der Waals surface area contributed by atoms with Crippen molar-refractivity contribution in [3.8, 4) is 0 Å². The molecule has 134 valence electrons. The Labute approximate surface area is 140 Å². The molecule has 1 heterocycles. The number of carbonyl (C=O) groups is 2. The molecule has 0 aromatic carbocycles. The van der Waals surface area contributed by atoms with Gasteiger partial charge in [-0.1, -0.05) is 0 Å². The summed E-state index contributed by atoms with van der Waals surface area (Å²) < 4.78 is 26.1. The number of carbonyl (C=O) groups excluding carboxylic acids is 2. The lowest BCUT2D eigenvalue weighted by Gasteiger charge is -2.15. The van der Waals surface area contributed by atoms with Crippen LogP contribution >= 0.6 is 0 Å². The second-order valence-corrected chi connectivity index (χ2v) is 7.45. The minimum Gasteiger partial charge on any atom is -0.355 e. The van der Waals surface area contributed by atoms with Gasteiger partial charge in [0.2, 0.25) is 21.8 Å². The number of sulfonamides is 1. The Morgan fingerprint density at radius 1 is 1.29 bits per heavy atom. The first-order valence-corrected chi connectivity index (χ1v) is 8.73. The number of hydrogen-bond acceptors (Lipinski definition) is 5. The summed E-state index contributed by atoms with van der Waals surface area (Å²) in [6.45, 7) is 3.31. The molecule has 0 radical (unpaired) electrons. The third-order valence-corrected chi connectivity index (χ3v) is 4.97. The predicted molar refractivity (Wildman–Crippen MR) is 87.9 cm³/mol. The van der Waals surface area contributed by atoms with E-state index in [-0.39, 0.29) is 17.3 Å². The maximum atomic E-state index is 12.1. The molecule has 1 atom stereocenters. The highest BCUT2D eigenvalue weighted by Gasteiger charge is 2.19. The van der Waals surface area contributed by atoms with Gasteiger partial charge in [-0.3, -0.25) is 14.4 Å². The first-order valence-electron chi connectivity index (χ1n) is 7.29. The number of nitrogens with one attached hydrogen (secondary N) is 2. The Morgan fingerprint density at radius 2 is 1.92 bits per heavy atom. The second-order valence-electron chi connectivity index (χ2n) is 5.30. The van der Waals surface area contributed by atoms with Crippen LogP contribution in [0.15, 0.2) is 28.0 Å². The molecule has 1 aromatic rings. The third kappa shape index (κ3) is 4.90. The fraction of sp³-hybridized carbons (Fsp3) is 0.500. The SMILES string of the molecule is CCNC(=O)[C@H](C)NC(=O)Cn1cc(S(=O)(=O)N(C)C)ccc1=O. The van der Waals surface area contributed by atoms with Crippen LogP contribution in [0.1, 0.15) is 13.8 Å². The van der Waals surface area contributed by atoms with Crippen molar-refractivity contribution >= 4 is 21.8 Å². The number of pyridine rings is 1. The van der Waals surface area contributed by atoms with Gasteiger partial charge in [0, 0.05) is 32.9 Å². The van der Waals surface area contributed by atoms with E-state index in [1.54, 1.807) is 6.92 Å². The lowest BCUT2D eigenvalue weighted by molar-refractivity contribution is -0.128. The van der Waals surface area contributed by atoms with Gasteiger partial charge in [-0.25, -0.2) is 12.7 Å². The number of aromatic nitrogens is 1. The summed E-state index contributed by atoms with van der Waals surface area (Å²) in [6, 6.07) is 1.50. The predicted octanol–water partition coefficient (Wildman–Crippen LogP) is -1.26. The van der Waals surface area contributed by atoms with Crippen LogP contribution in [0.25, 0.3) is 0 Å². The van der Waals surface area contributed by atoms with Crippen molar-refractivity contribution in [3.63, 3.8) is 0 Å². The molecule has 2 amide bonds. The molecule has 10 heteroatoms. The van der Waals surface area contributed by atoms with Crippen LogP contribution in [0.2, 0.25) is 0 Å². The summed E-state index contributed by atoms with van der Waals surface area (Å²) in [5.74, 6) is -0.919. The van der Waals surface area contributed by atoms with Gasteiger partial charge in [0.05, 0.1) is 4.90 Å². The molecule has 1 rings (SSSR count). The van der Waals surface area contributed by atoms with E-state index in [4.69, 9.17) is 0 Å². The van der Waals surface area contributed by atoms with Crippen LogP contribution < -0.4 is 16.2 Å². The molecule has 0 fully saturated rings. The van der Waals surface area contributed by atoms with Gasteiger partial charge < -0.3 is 15.2 Å². The quantitative estimate of drug-likeness (QED) is 0.631. The zero-order valence-corrected chi connectivity index (χ0v) is 14.9. The Morgan fingerprint density at radius 3 is 2.46 bits per heavy atom. The number of rotatable bonds is 7. The second kappa shape index (κ2) is 8.06. The summed E-state index contributed by atoms with van der Waals surface area (Å²) in [7, 11) is -0.985. The van der Waals surface area contributed by atoms with Gasteiger partial charge in [0.1, 0.15) is 12.6 Å². The minimum atomic E-state index is -3.72. The summed E-state index contributed by atoms with van der Waals surface area (Å²) >= 11 is 0. The van der Waals surface area contributed by atoms with Gasteiger partial charge in [-0.2, -0.15) is 0 Å². The standard InChI is InChI=1S/C14H22N4O5S/c1-5-15-14(21)10(2)16-12(19)9-18-8-11(6-7-13(18)20)24(22,23)17(3)4/h6-8,10H,5,9H2,1-4H3,(H,15,21)(H,16,19)/t10-/m0/s1. The Balaban J connectivity index is 2.94. The molecule has 2 N–H and O–H groups in total. The molecule has 0 saturated carbocycles. The zero-order valence-electron chi connectivity index (χ0n) is 14.1. The van der Waals surface area contributed by atoms with Crippen molar-refractivity contribution in [2.24, 2.45) is 0 Å². The highest BCUT2D eigenvalue weighted by Crippen LogP contribution is 2.10. The highest BCUT2D eigenvalue weighted by molar-refractivity contribution is 7.89. The Kier molecular flexibility index (Phi) is 6.67. The van der Waals surface area contributed by atoms with E-state index < -0.39 is 27.5 Å². The molecule has 0 bridgehead atoms. The smallest absolute Gasteiger partial charge is 0.251 e. The summed E-state index contributed by atoms with van der Waals surface area (Å²) in [5.41, 5.74) is -0.520. The molecule has 0 spiro atoms. The van der Waals surface area contributed by atoms with Crippen molar-refractivity contribution in [1.29, 1.82) is 0 Å². The average Bonchev–Trinajstić information content (AvgIpc) is 2.49. The summed E-state index contributed by atoms with van der Waals surface area (Å²) in [6.07, 6.45) is 1.11. The lowest BCUT2D eigenvalue weighted by Crippen LogP contribution is -2.46. The number of amides is 2. The zero-order chi connectivity index (χ0) is 18.5. The van der Waals surface area contributed by atoms with Gasteiger partial charge in [0.25, 0.3) is 5.56 Å². The van der Waals surface area contributed by atoms with Crippen molar-refractivity contribution in [1.82, 2.24) is 19.5 Å².